The lowest BCUT2D eigenvalue weighted by atomic mass is 10.1. The van der Waals surface area contributed by atoms with Gasteiger partial charge in [0.15, 0.2) is 11.4 Å². The molecule has 1 heterocycles. The van der Waals surface area contributed by atoms with Gasteiger partial charge in [0.05, 0.1) is 5.69 Å². The number of aryl methyl sites for hydroxylation is 1. The molecule has 2 aromatic rings. The summed E-state index contributed by atoms with van der Waals surface area (Å²) >= 11 is 0. The molecule has 5 heteroatoms. The summed E-state index contributed by atoms with van der Waals surface area (Å²) in [7, 11) is 0. The minimum Gasteiger partial charge on any atom is -0.368 e. The zero-order valence-corrected chi connectivity index (χ0v) is 11.8. The highest BCUT2D eigenvalue weighted by atomic mass is 15.0. The van der Waals surface area contributed by atoms with E-state index >= 15 is 0 Å². The van der Waals surface area contributed by atoms with Crippen LogP contribution in [0.1, 0.15) is 29.6 Å². The number of hydrogen-bond acceptors (Lipinski definition) is 5. The third-order valence-electron chi connectivity index (χ3n) is 3.06. The number of anilines is 1. The maximum atomic E-state index is 9.01. The van der Waals surface area contributed by atoms with Crippen LogP contribution in [0.15, 0.2) is 30.3 Å². The van der Waals surface area contributed by atoms with Gasteiger partial charge in [-0.15, -0.1) is 0 Å². The van der Waals surface area contributed by atoms with Crippen LogP contribution in [-0.4, -0.2) is 16.5 Å². The van der Waals surface area contributed by atoms with Crippen LogP contribution in [0.25, 0.3) is 0 Å². The van der Waals surface area contributed by atoms with Crippen LogP contribution in [-0.2, 0) is 12.8 Å². The Hall–Kier alpha value is -2.92. The zero-order chi connectivity index (χ0) is 15.1. The molecule has 0 amide bonds. The van der Waals surface area contributed by atoms with E-state index in [2.05, 4.69) is 27.4 Å². The van der Waals surface area contributed by atoms with Crippen LogP contribution in [0.2, 0.25) is 0 Å². The van der Waals surface area contributed by atoms with Crippen LogP contribution in [0, 0.1) is 22.7 Å². The predicted molar refractivity (Wildman–Crippen MR) is 79.5 cm³/mol. The molecule has 0 atom stereocenters. The average Bonchev–Trinajstić information content (AvgIpc) is 2.55. The van der Waals surface area contributed by atoms with E-state index in [0.29, 0.717) is 24.5 Å². The Morgan fingerprint density at radius 3 is 2.33 bits per heavy atom. The van der Waals surface area contributed by atoms with Crippen molar-refractivity contribution in [1.29, 1.82) is 10.5 Å². The summed E-state index contributed by atoms with van der Waals surface area (Å²) in [6, 6.07) is 13.9. The summed E-state index contributed by atoms with van der Waals surface area (Å²) in [5.74, 6) is 0.587. The molecule has 0 unspecified atom stereocenters. The molecule has 0 aliphatic carbocycles. The van der Waals surface area contributed by atoms with Crippen molar-refractivity contribution in [1.82, 2.24) is 9.97 Å². The normalized spacial score (nSPS) is 9.67. The molecule has 0 aliphatic heterocycles. The van der Waals surface area contributed by atoms with Gasteiger partial charge < -0.3 is 5.32 Å². The maximum absolute atomic E-state index is 9.01. The number of nitriles is 2. The number of aromatic nitrogens is 2. The fraction of sp³-hybridized carbons (Fsp3) is 0.250. The maximum Gasteiger partial charge on any atom is 0.179 e. The zero-order valence-electron chi connectivity index (χ0n) is 11.8. The SMILES string of the molecule is CCc1nc(C#N)c(C#N)nc1NCCc1ccccc1. The molecule has 5 nitrogen and oxygen atoms in total. The van der Waals surface area contributed by atoms with Gasteiger partial charge >= 0.3 is 0 Å². The van der Waals surface area contributed by atoms with Crippen LogP contribution in [0.4, 0.5) is 5.82 Å². The molecule has 0 saturated heterocycles. The Morgan fingerprint density at radius 1 is 1.05 bits per heavy atom. The largest absolute Gasteiger partial charge is 0.368 e. The third-order valence-corrected chi connectivity index (χ3v) is 3.06. The molecule has 0 aliphatic rings. The topological polar surface area (TPSA) is 85.4 Å². The summed E-state index contributed by atoms with van der Waals surface area (Å²) in [6.07, 6.45) is 1.51. The van der Waals surface area contributed by atoms with Gasteiger partial charge in [0, 0.05) is 6.54 Å². The molecule has 0 saturated carbocycles. The van der Waals surface area contributed by atoms with Crippen molar-refractivity contribution in [3.05, 3.63) is 53.0 Å². The lowest BCUT2D eigenvalue weighted by Crippen LogP contribution is -2.11. The molecule has 0 radical (unpaired) electrons. The molecule has 0 bridgehead atoms. The Bertz CT molecular complexity index is 695. The number of rotatable bonds is 5. The number of nitrogens with zero attached hydrogens (tertiary/aromatic N) is 4. The summed E-state index contributed by atoms with van der Waals surface area (Å²) in [5, 5.41) is 21.2. The fourth-order valence-electron chi connectivity index (χ4n) is 1.98. The standard InChI is InChI=1S/C16H15N5/c1-2-13-16(21-15(11-18)14(10-17)20-13)19-9-8-12-6-4-3-5-7-12/h3-7H,2,8-9H2,1H3,(H,19,21). The first-order valence-corrected chi connectivity index (χ1v) is 6.77. The highest BCUT2D eigenvalue weighted by Gasteiger charge is 2.11. The molecule has 0 spiro atoms. The second-order valence-electron chi connectivity index (χ2n) is 4.46. The van der Waals surface area contributed by atoms with Crippen LogP contribution < -0.4 is 5.32 Å². The van der Waals surface area contributed by atoms with Gasteiger partial charge in [-0.05, 0) is 18.4 Å². The van der Waals surface area contributed by atoms with Gasteiger partial charge in [0.1, 0.15) is 18.0 Å². The van der Waals surface area contributed by atoms with E-state index in [9.17, 15) is 0 Å². The van der Waals surface area contributed by atoms with E-state index in [1.807, 2.05) is 37.3 Å². The molecule has 0 fully saturated rings. The molecular weight excluding hydrogens is 262 g/mol. The lowest BCUT2D eigenvalue weighted by Gasteiger charge is -2.10. The van der Waals surface area contributed by atoms with E-state index < -0.39 is 0 Å². The van der Waals surface area contributed by atoms with Crippen molar-refractivity contribution in [3.63, 3.8) is 0 Å². The average molecular weight is 277 g/mol. The van der Waals surface area contributed by atoms with Crippen molar-refractivity contribution >= 4 is 5.82 Å². The van der Waals surface area contributed by atoms with Gasteiger partial charge in [0.25, 0.3) is 0 Å². The Labute approximate surface area is 123 Å². The van der Waals surface area contributed by atoms with E-state index in [0.717, 1.165) is 6.42 Å². The highest BCUT2D eigenvalue weighted by molar-refractivity contribution is 5.47. The smallest absolute Gasteiger partial charge is 0.179 e. The molecule has 1 aromatic heterocycles. The van der Waals surface area contributed by atoms with Crippen molar-refractivity contribution in [3.8, 4) is 12.1 Å². The Kier molecular flexibility index (Phi) is 4.84. The van der Waals surface area contributed by atoms with Crippen molar-refractivity contribution in [2.45, 2.75) is 19.8 Å². The minimum atomic E-state index is 0.0666. The monoisotopic (exact) mass is 277 g/mol. The molecule has 104 valence electrons. The predicted octanol–water partition coefficient (Wildman–Crippen LogP) is 2.44. The fourth-order valence-corrected chi connectivity index (χ4v) is 1.98. The van der Waals surface area contributed by atoms with Crippen LogP contribution in [0.5, 0.6) is 0 Å². The summed E-state index contributed by atoms with van der Waals surface area (Å²) in [4.78, 5) is 8.40. The third kappa shape index (κ3) is 3.55. The van der Waals surface area contributed by atoms with E-state index in [1.165, 1.54) is 5.56 Å². The summed E-state index contributed by atoms with van der Waals surface area (Å²) in [6.45, 7) is 2.64. The van der Waals surface area contributed by atoms with Crippen LogP contribution in [0.3, 0.4) is 0 Å². The van der Waals surface area contributed by atoms with E-state index in [-0.39, 0.29) is 11.4 Å². The first-order chi connectivity index (χ1) is 10.3. The van der Waals surface area contributed by atoms with Gasteiger partial charge in [-0.25, -0.2) is 9.97 Å². The minimum absolute atomic E-state index is 0.0666. The van der Waals surface area contributed by atoms with Gasteiger partial charge in [0.2, 0.25) is 0 Å². The first kappa shape index (κ1) is 14.5. The van der Waals surface area contributed by atoms with Crippen molar-refractivity contribution in [2.75, 3.05) is 11.9 Å². The van der Waals surface area contributed by atoms with Crippen molar-refractivity contribution in [2.24, 2.45) is 0 Å². The van der Waals surface area contributed by atoms with Crippen LogP contribution >= 0.6 is 0 Å². The quantitative estimate of drug-likeness (QED) is 0.907. The molecule has 21 heavy (non-hydrogen) atoms. The number of nitrogens with one attached hydrogen (secondary N) is 1. The number of hydrogen-bond donors (Lipinski definition) is 1. The van der Waals surface area contributed by atoms with Gasteiger partial charge in [-0.1, -0.05) is 37.3 Å². The van der Waals surface area contributed by atoms with E-state index in [4.69, 9.17) is 10.5 Å². The first-order valence-electron chi connectivity index (χ1n) is 6.77. The van der Waals surface area contributed by atoms with Gasteiger partial charge in [-0.2, -0.15) is 10.5 Å². The molecule has 2 rings (SSSR count). The second kappa shape index (κ2) is 7.02. The molecule has 1 N–H and O–H groups in total. The van der Waals surface area contributed by atoms with E-state index in [1.54, 1.807) is 0 Å². The summed E-state index contributed by atoms with van der Waals surface area (Å²) < 4.78 is 0. The summed E-state index contributed by atoms with van der Waals surface area (Å²) in [5.41, 5.74) is 2.09. The number of benzene rings is 1. The molecule has 1 aromatic carbocycles. The lowest BCUT2D eigenvalue weighted by molar-refractivity contribution is 0.942. The Morgan fingerprint density at radius 2 is 1.71 bits per heavy atom. The highest BCUT2D eigenvalue weighted by Crippen LogP contribution is 2.14. The second-order valence-corrected chi connectivity index (χ2v) is 4.46. The van der Waals surface area contributed by atoms with Gasteiger partial charge in [-0.3, -0.25) is 0 Å². The molecular formula is C16H15N5. The van der Waals surface area contributed by atoms with Crippen molar-refractivity contribution < 1.29 is 0 Å². The Balaban J connectivity index is 2.13.